The van der Waals surface area contributed by atoms with E-state index >= 15 is 0 Å². The third kappa shape index (κ3) is 8.11. The number of aliphatic hydroxyl groups excluding tert-OH is 1. The highest BCUT2D eigenvalue weighted by Gasteiger charge is 2.38. The number of thioether (sulfide) groups is 1. The van der Waals surface area contributed by atoms with Crippen molar-refractivity contribution in [3.63, 3.8) is 0 Å². The normalized spacial score (nSPS) is 18.9. The number of benzene rings is 1. The van der Waals surface area contributed by atoms with Crippen molar-refractivity contribution in [1.82, 2.24) is 15.5 Å². The van der Waals surface area contributed by atoms with Crippen LogP contribution in [0.2, 0.25) is 0 Å². The molecule has 7 N–H and O–H groups in total. The minimum absolute atomic E-state index is 0.105. The van der Waals surface area contributed by atoms with E-state index in [1.807, 2.05) is 6.26 Å². The molecule has 35 heavy (non-hydrogen) atoms. The Balaban J connectivity index is 2.07. The number of aliphatic carboxylic acids is 1. The van der Waals surface area contributed by atoms with Crippen LogP contribution in [0.15, 0.2) is 24.3 Å². The highest BCUT2D eigenvalue weighted by molar-refractivity contribution is 7.98. The Morgan fingerprint density at radius 1 is 1.20 bits per heavy atom. The number of rotatable bonds is 12. The second-order valence-corrected chi connectivity index (χ2v) is 9.56. The number of phenolic OH excluding ortho intramolecular Hbond substituents is 1. The monoisotopic (exact) mass is 510 g/mol. The molecule has 0 saturated carbocycles. The molecule has 194 valence electrons. The summed E-state index contributed by atoms with van der Waals surface area (Å²) in [5.74, 6) is -2.39. The third-order valence-corrected chi connectivity index (χ3v) is 6.48. The Hall–Kier alpha value is -2.83. The van der Waals surface area contributed by atoms with Crippen LogP contribution < -0.4 is 16.4 Å². The largest absolute Gasteiger partial charge is 0.508 e. The van der Waals surface area contributed by atoms with E-state index in [1.165, 1.54) is 35.7 Å². The predicted octanol–water partition coefficient (Wildman–Crippen LogP) is -0.559. The van der Waals surface area contributed by atoms with Crippen LogP contribution in [-0.2, 0) is 25.6 Å². The van der Waals surface area contributed by atoms with Gasteiger partial charge in [0.1, 0.15) is 17.8 Å². The van der Waals surface area contributed by atoms with Crippen molar-refractivity contribution in [3.05, 3.63) is 29.8 Å². The summed E-state index contributed by atoms with van der Waals surface area (Å²) in [6.45, 7) is 1.60. The van der Waals surface area contributed by atoms with E-state index < -0.39 is 48.1 Å². The van der Waals surface area contributed by atoms with Crippen molar-refractivity contribution in [1.29, 1.82) is 0 Å². The third-order valence-electron chi connectivity index (χ3n) is 5.84. The number of nitrogens with zero attached hydrogens (tertiary/aromatic N) is 1. The van der Waals surface area contributed by atoms with E-state index in [-0.39, 0.29) is 24.5 Å². The smallest absolute Gasteiger partial charge is 0.328 e. The fourth-order valence-electron chi connectivity index (χ4n) is 3.90. The first kappa shape index (κ1) is 28.4. The molecule has 1 heterocycles. The number of carbonyl (C=O) groups is 4. The topological polar surface area (TPSA) is 182 Å². The molecular weight excluding hydrogens is 476 g/mol. The molecule has 2 rings (SSSR count). The number of amides is 3. The maximum atomic E-state index is 13.1. The second kappa shape index (κ2) is 13.3. The SMILES string of the molecule is CSCCC(NC(=O)C1CCCN1C(=O)C(N)Cc1ccc(O)cc1)C(=O)NC(C(=O)O)C(C)O. The Bertz CT molecular complexity index is 896. The van der Waals surface area contributed by atoms with Gasteiger partial charge in [0.25, 0.3) is 0 Å². The number of aliphatic hydroxyl groups is 1. The van der Waals surface area contributed by atoms with E-state index in [4.69, 9.17) is 5.73 Å². The maximum Gasteiger partial charge on any atom is 0.328 e. The molecule has 5 atom stereocenters. The highest BCUT2D eigenvalue weighted by atomic mass is 32.2. The fraction of sp³-hybridized carbons (Fsp3) is 0.565. The van der Waals surface area contributed by atoms with Crippen LogP contribution in [0.4, 0.5) is 0 Å². The van der Waals surface area contributed by atoms with Gasteiger partial charge in [-0.05, 0) is 62.3 Å². The van der Waals surface area contributed by atoms with Gasteiger partial charge in [-0.2, -0.15) is 11.8 Å². The first-order valence-corrected chi connectivity index (χ1v) is 12.8. The number of carbonyl (C=O) groups excluding carboxylic acids is 3. The van der Waals surface area contributed by atoms with E-state index in [9.17, 15) is 34.5 Å². The van der Waals surface area contributed by atoms with Gasteiger partial charge in [0.15, 0.2) is 6.04 Å². The lowest BCUT2D eigenvalue weighted by Crippen LogP contribution is -2.58. The molecule has 3 amide bonds. The summed E-state index contributed by atoms with van der Waals surface area (Å²) >= 11 is 1.46. The standard InChI is InChI=1S/C23H34N4O7S/c1-13(28)19(23(33)34)26-20(30)17(9-11-35-2)25-21(31)18-4-3-10-27(18)22(32)16(24)12-14-5-7-15(29)8-6-14/h5-8,13,16-19,28-29H,3-4,9-12,24H2,1-2H3,(H,25,31)(H,26,30)(H,33,34). The van der Waals surface area contributed by atoms with Crippen molar-refractivity contribution in [3.8, 4) is 5.75 Å². The minimum atomic E-state index is -1.52. The number of likely N-dealkylation sites (tertiary alicyclic amines) is 1. The van der Waals surface area contributed by atoms with E-state index in [1.54, 1.807) is 12.1 Å². The quantitative estimate of drug-likeness (QED) is 0.215. The van der Waals surface area contributed by atoms with E-state index in [0.29, 0.717) is 25.1 Å². The molecule has 1 aromatic rings. The fourth-order valence-corrected chi connectivity index (χ4v) is 4.38. The van der Waals surface area contributed by atoms with Gasteiger partial charge in [0.05, 0.1) is 12.1 Å². The van der Waals surface area contributed by atoms with Gasteiger partial charge >= 0.3 is 5.97 Å². The number of nitrogens with two attached hydrogens (primary N) is 1. The Morgan fingerprint density at radius 2 is 1.86 bits per heavy atom. The van der Waals surface area contributed by atoms with Gasteiger partial charge in [0, 0.05) is 6.54 Å². The van der Waals surface area contributed by atoms with Crippen molar-refractivity contribution < 1.29 is 34.5 Å². The van der Waals surface area contributed by atoms with E-state index in [2.05, 4.69) is 10.6 Å². The summed E-state index contributed by atoms with van der Waals surface area (Å²) in [5.41, 5.74) is 6.89. The summed E-state index contributed by atoms with van der Waals surface area (Å²) in [4.78, 5) is 51.6. The van der Waals surface area contributed by atoms with Crippen molar-refractivity contribution in [2.24, 2.45) is 5.73 Å². The summed E-state index contributed by atoms with van der Waals surface area (Å²) < 4.78 is 0. The molecule has 5 unspecified atom stereocenters. The molecule has 0 aliphatic carbocycles. The van der Waals surface area contributed by atoms with Crippen LogP contribution >= 0.6 is 11.8 Å². The molecule has 1 aliphatic heterocycles. The van der Waals surface area contributed by atoms with Gasteiger partial charge in [0.2, 0.25) is 17.7 Å². The van der Waals surface area contributed by atoms with Gasteiger partial charge in [-0.1, -0.05) is 12.1 Å². The average Bonchev–Trinajstić information content (AvgIpc) is 3.30. The number of aromatic hydroxyl groups is 1. The van der Waals surface area contributed by atoms with Crippen LogP contribution in [-0.4, -0.2) is 92.7 Å². The second-order valence-electron chi connectivity index (χ2n) is 8.57. The lowest BCUT2D eigenvalue weighted by atomic mass is 10.0. The molecule has 1 fully saturated rings. The van der Waals surface area contributed by atoms with Gasteiger partial charge in [-0.3, -0.25) is 14.4 Å². The average molecular weight is 511 g/mol. The number of hydrogen-bond acceptors (Lipinski definition) is 8. The molecule has 1 saturated heterocycles. The summed E-state index contributed by atoms with van der Waals surface area (Å²) in [7, 11) is 0. The van der Waals surface area contributed by atoms with Crippen LogP contribution in [0.25, 0.3) is 0 Å². The molecule has 0 aromatic heterocycles. The number of phenols is 1. The van der Waals surface area contributed by atoms with Gasteiger partial charge in [-0.25, -0.2) is 4.79 Å². The van der Waals surface area contributed by atoms with Crippen molar-refractivity contribution >= 4 is 35.5 Å². The first-order valence-electron chi connectivity index (χ1n) is 11.4. The van der Waals surface area contributed by atoms with Gasteiger partial charge in [-0.15, -0.1) is 0 Å². The molecule has 12 heteroatoms. The lowest BCUT2D eigenvalue weighted by molar-refractivity contribution is -0.145. The zero-order valence-corrected chi connectivity index (χ0v) is 20.7. The maximum absolute atomic E-state index is 13.1. The molecule has 0 bridgehead atoms. The number of nitrogens with one attached hydrogen (secondary N) is 2. The van der Waals surface area contributed by atoms with Crippen LogP contribution in [0.5, 0.6) is 5.75 Å². The van der Waals surface area contributed by atoms with Crippen LogP contribution in [0, 0.1) is 0 Å². The molecule has 11 nitrogen and oxygen atoms in total. The summed E-state index contributed by atoms with van der Waals surface area (Å²) in [5, 5.41) is 33.2. The zero-order chi connectivity index (χ0) is 26.1. The molecule has 1 aliphatic rings. The Kier molecular flexibility index (Phi) is 10.8. The zero-order valence-electron chi connectivity index (χ0n) is 19.8. The van der Waals surface area contributed by atoms with Crippen molar-refractivity contribution in [2.75, 3.05) is 18.6 Å². The lowest BCUT2D eigenvalue weighted by Gasteiger charge is -2.29. The number of hydrogen-bond donors (Lipinski definition) is 6. The number of carboxylic acids is 1. The predicted molar refractivity (Wildman–Crippen MR) is 131 cm³/mol. The summed E-state index contributed by atoms with van der Waals surface area (Å²) in [6, 6.07) is 2.12. The molecule has 0 spiro atoms. The van der Waals surface area contributed by atoms with Crippen molar-refractivity contribution in [2.45, 2.75) is 62.9 Å². The van der Waals surface area contributed by atoms with Gasteiger partial charge < -0.3 is 36.6 Å². The van der Waals surface area contributed by atoms with Crippen LogP contribution in [0.1, 0.15) is 31.7 Å². The Morgan fingerprint density at radius 3 is 2.43 bits per heavy atom. The summed E-state index contributed by atoms with van der Waals surface area (Å²) in [6.07, 6.45) is 1.99. The molecular formula is C23H34N4O7S. The minimum Gasteiger partial charge on any atom is -0.508 e. The highest BCUT2D eigenvalue weighted by Crippen LogP contribution is 2.20. The number of carboxylic acid groups (broad SMARTS) is 1. The van der Waals surface area contributed by atoms with Crippen LogP contribution in [0.3, 0.4) is 0 Å². The van der Waals surface area contributed by atoms with E-state index in [0.717, 1.165) is 5.56 Å². The first-order chi connectivity index (χ1) is 16.5. The Labute approximate surface area is 208 Å². The molecule has 1 aromatic carbocycles. The molecule has 0 radical (unpaired) electrons.